The summed E-state index contributed by atoms with van der Waals surface area (Å²) >= 11 is 0. The number of hydrogen-bond donors (Lipinski definition) is 0. The first kappa shape index (κ1) is 17.5. The van der Waals surface area contributed by atoms with Gasteiger partial charge in [-0.1, -0.05) is 12.1 Å². The third kappa shape index (κ3) is 4.01. The molecule has 1 aromatic carbocycles. The molecule has 1 aromatic rings. The van der Waals surface area contributed by atoms with Gasteiger partial charge in [0.1, 0.15) is 12.3 Å². The summed E-state index contributed by atoms with van der Waals surface area (Å²) < 4.78 is 28.0. The summed E-state index contributed by atoms with van der Waals surface area (Å²) in [6, 6.07) is 7.22. The van der Waals surface area contributed by atoms with Gasteiger partial charge >= 0.3 is 0 Å². The number of sulfone groups is 1. The Balaban J connectivity index is 1.60. The maximum atomic E-state index is 12.4. The zero-order valence-electron chi connectivity index (χ0n) is 13.9. The summed E-state index contributed by atoms with van der Waals surface area (Å²) in [6.45, 7) is 0.820. The minimum Gasteiger partial charge on any atom is -0.497 e. The highest BCUT2D eigenvalue weighted by Crippen LogP contribution is 2.24. The third-order valence-electron chi connectivity index (χ3n) is 4.38. The van der Waals surface area contributed by atoms with Crippen molar-refractivity contribution in [2.45, 2.75) is 6.42 Å². The molecule has 0 aromatic heterocycles. The molecule has 25 heavy (non-hydrogen) atoms. The third-order valence-corrected chi connectivity index (χ3v) is 5.84. The highest BCUT2D eigenvalue weighted by Gasteiger charge is 2.31. The molecule has 2 aliphatic rings. The predicted molar refractivity (Wildman–Crippen MR) is 93.0 cm³/mol. The molecule has 0 bridgehead atoms. The maximum Gasteiger partial charge on any atom is 0.246 e. The van der Waals surface area contributed by atoms with Crippen LogP contribution in [-0.4, -0.2) is 57.6 Å². The fourth-order valence-corrected chi connectivity index (χ4v) is 4.46. The van der Waals surface area contributed by atoms with E-state index in [1.807, 2.05) is 12.1 Å². The Morgan fingerprint density at radius 2 is 2.12 bits per heavy atom. The van der Waals surface area contributed by atoms with E-state index in [2.05, 4.69) is 0 Å². The fraction of sp³-hybridized carbons (Fsp3) is 0.412. The zero-order valence-corrected chi connectivity index (χ0v) is 14.7. The first-order chi connectivity index (χ1) is 11.9. The number of anilines is 1. The van der Waals surface area contributed by atoms with Gasteiger partial charge in [0.05, 0.1) is 12.9 Å². The Hall–Kier alpha value is -2.35. The van der Waals surface area contributed by atoms with E-state index in [1.54, 1.807) is 30.2 Å². The Morgan fingerprint density at radius 3 is 2.76 bits per heavy atom. The number of rotatable bonds is 4. The standard InChI is InChI=1S/C17H20N2O5S/c1-24-15-4-2-3-14(10-15)19-7-6-18(11-17(19)21)16(20)9-13-5-8-25(22,23)12-13/h2-5,8,10,13H,6-7,9,11-12H2,1H3. The summed E-state index contributed by atoms with van der Waals surface area (Å²) in [4.78, 5) is 27.9. The monoisotopic (exact) mass is 364 g/mol. The largest absolute Gasteiger partial charge is 0.497 e. The highest BCUT2D eigenvalue weighted by molar-refractivity contribution is 7.94. The van der Waals surface area contributed by atoms with Crippen LogP contribution in [0.4, 0.5) is 5.69 Å². The quantitative estimate of drug-likeness (QED) is 0.790. The highest BCUT2D eigenvalue weighted by atomic mass is 32.2. The lowest BCUT2D eigenvalue weighted by molar-refractivity contribution is -0.137. The molecule has 2 amide bonds. The number of piperazine rings is 1. The van der Waals surface area contributed by atoms with Crippen LogP contribution in [0.3, 0.4) is 0 Å². The van der Waals surface area contributed by atoms with Crippen LogP contribution < -0.4 is 9.64 Å². The van der Waals surface area contributed by atoms with Gasteiger partial charge in [0, 0.05) is 42.6 Å². The predicted octanol–water partition coefficient (Wildman–Crippen LogP) is 0.819. The van der Waals surface area contributed by atoms with Crippen molar-refractivity contribution < 1.29 is 22.7 Å². The fourth-order valence-electron chi connectivity index (χ4n) is 3.06. The molecule has 7 nitrogen and oxygen atoms in total. The van der Waals surface area contributed by atoms with Gasteiger partial charge in [-0.05, 0) is 12.1 Å². The van der Waals surface area contributed by atoms with Crippen molar-refractivity contribution in [3.8, 4) is 5.75 Å². The molecule has 0 radical (unpaired) electrons. The van der Waals surface area contributed by atoms with E-state index in [0.29, 0.717) is 18.8 Å². The van der Waals surface area contributed by atoms with Gasteiger partial charge in [0.25, 0.3) is 0 Å². The summed E-state index contributed by atoms with van der Waals surface area (Å²) in [5.74, 6) is -0.0221. The number of allylic oxidation sites excluding steroid dienone is 1. The van der Waals surface area contributed by atoms with Crippen LogP contribution in [0.2, 0.25) is 0 Å². The van der Waals surface area contributed by atoms with Crippen LogP contribution >= 0.6 is 0 Å². The molecule has 2 heterocycles. The van der Waals surface area contributed by atoms with Crippen LogP contribution in [-0.2, 0) is 19.4 Å². The summed E-state index contributed by atoms with van der Waals surface area (Å²) in [5.41, 5.74) is 0.737. The molecule has 0 spiro atoms. The van der Waals surface area contributed by atoms with Crippen molar-refractivity contribution >= 4 is 27.3 Å². The molecule has 0 saturated carbocycles. The van der Waals surface area contributed by atoms with Crippen LogP contribution in [0.25, 0.3) is 0 Å². The maximum absolute atomic E-state index is 12.4. The minimum absolute atomic E-state index is 0.000766. The van der Waals surface area contributed by atoms with Crippen molar-refractivity contribution in [3.05, 3.63) is 35.7 Å². The molecule has 134 valence electrons. The number of amides is 2. The molecule has 1 atom stereocenters. The number of hydrogen-bond acceptors (Lipinski definition) is 5. The second-order valence-electron chi connectivity index (χ2n) is 6.18. The minimum atomic E-state index is -3.17. The van der Waals surface area contributed by atoms with E-state index < -0.39 is 9.84 Å². The van der Waals surface area contributed by atoms with E-state index in [0.717, 1.165) is 11.1 Å². The second kappa shape index (κ2) is 6.87. The first-order valence-electron chi connectivity index (χ1n) is 8.01. The van der Waals surface area contributed by atoms with Gasteiger partial charge in [0.2, 0.25) is 11.8 Å². The lowest BCUT2D eigenvalue weighted by atomic mass is 10.1. The van der Waals surface area contributed by atoms with E-state index in [4.69, 9.17) is 4.74 Å². The SMILES string of the molecule is COc1cccc(N2CCN(C(=O)CC3C=CS(=O)(=O)C3)CC2=O)c1. The molecule has 1 fully saturated rings. The normalized spacial score (nSPS) is 22.3. The van der Waals surface area contributed by atoms with Crippen molar-refractivity contribution in [2.24, 2.45) is 5.92 Å². The number of ether oxygens (including phenoxy) is 1. The summed E-state index contributed by atoms with van der Waals surface area (Å²) in [6.07, 6.45) is 1.67. The van der Waals surface area contributed by atoms with E-state index in [-0.39, 0.29) is 36.5 Å². The molecule has 1 unspecified atom stereocenters. The topological polar surface area (TPSA) is 84.0 Å². The first-order valence-corrected chi connectivity index (χ1v) is 9.72. The van der Waals surface area contributed by atoms with Crippen LogP contribution in [0.5, 0.6) is 5.75 Å². The zero-order chi connectivity index (χ0) is 18.0. The van der Waals surface area contributed by atoms with E-state index in [9.17, 15) is 18.0 Å². The summed E-state index contributed by atoms with van der Waals surface area (Å²) in [7, 11) is -1.61. The van der Waals surface area contributed by atoms with Gasteiger partial charge in [-0.3, -0.25) is 9.59 Å². The Bertz CT molecular complexity index is 818. The number of carbonyl (C=O) groups is 2. The van der Waals surface area contributed by atoms with Crippen molar-refractivity contribution in [1.29, 1.82) is 0 Å². The van der Waals surface area contributed by atoms with Crippen molar-refractivity contribution in [2.75, 3.05) is 37.4 Å². The van der Waals surface area contributed by atoms with Gasteiger partial charge < -0.3 is 14.5 Å². The molecule has 0 N–H and O–H groups in total. The average Bonchev–Trinajstić information content (AvgIpc) is 2.93. The lowest BCUT2D eigenvalue weighted by Crippen LogP contribution is -2.52. The van der Waals surface area contributed by atoms with Crippen LogP contribution in [0.1, 0.15) is 6.42 Å². The van der Waals surface area contributed by atoms with E-state index in [1.165, 1.54) is 4.90 Å². The molecule has 3 rings (SSSR count). The summed E-state index contributed by atoms with van der Waals surface area (Å²) in [5, 5.41) is 1.16. The number of nitrogens with zero attached hydrogens (tertiary/aromatic N) is 2. The van der Waals surface area contributed by atoms with Crippen LogP contribution in [0, 0.1) is 5.92 Å². The van der Waals surface area contributed by atoms with Gasteiger partial charge in [-0.25, -0.2) is 8.42 Å². The lowest BCUT2D eigenvalue weighted by Gasteiger charge is -2.34. The van der Waals surface area contributed by atoms with E-state index >= 15 is 0 Å². The molecule has 1 saturated heterocycles. The van der Waals surface area contributed by atoms with Gasteiger partial charge in [-0.15, -0.1) is 0 Å². The van der Waals surface area contributed by atoms with Crippen LogP contribution in [0.15, 0.2) is 35.7 Å². The molecule has 8 heteroatoms. The smallest absolute Gasteiger partial charge is 0.246 e. The molecular formula is C17H20N2O5S. The molecule has 0 aliphatic carbocycles. The molecule has 2 aliphatic heterocycles. The number of carbonyl (C=O) groups excluding carboxylic acids is 2. The van der Waals surface area contributed by atoms with Gasteiger partial charge in [-0.2, -0.15) is 0 Å². The van der Waals surface area contributed by atoms with Gasteiger partial charge in [0.15, 0.2) is 9.84 Å². The average molecular weight is 364 g/mol. The molecular weight excluding hydrogens is 344 g/mol. The number of methoxy groups -OCH3 is 1. The van der Waals surface area contributed by atoms with Crippen molar-refractivity contribution in [1.82, 2.24) is 4.90 Å². The number of benzene rings is 1. The Labute approximate surface area is 146 Å². The Morgan fingerprint density at radius 1 is 1.32 bits per heavy atom. The van der Waals surface area contributed by atoms with Crippen molar-refractivity contribution in [3.63, 3.8) is 0 Å². The Kier molecular flexibility index (Phi) is 4.80. The second-order valence-corrected chi connectivity index (χ2v) is 8.12.